The van der Waals surface area contributed by atoms with Crippen LogP contribution in [0.2, 0.25) is 0 Å². The lowest BCUT2D eigenvalue weighted by molar-refractivity contribution is -0.130. The Morgan fingerprint density at radius 3 is 2.66 bits per heavy atom. The molecule has 0 saturated carbocycles. The number of carbonyl (C=O) groups excluding carboxylic acids is 1. The zero-order valence-electron chi connectivity index (χ0n) is 17.7. The molecule has 1 aliphatic heterocycles. The molecule has 174 valence electrons. The van der Waals surface area contributed by atoms with E-state index in [1.807, 2.05) is 0 Å². The van der Waals surface area contributed by atoms with Crippen LogP contribution in [-0.4, -0.2) is 51.4 Å². The van der Waals surface area contributed by atoms with Crippen LogP contribution in [0.25, 0.3) is 0 Å². The maximum absolute atomic E-state index is 13.0. The number of ether oxygens (including phenoxy) is 2. The highest BCUT2D eigenvalue weighted by molar-refractivity contribution is 7.89. The lowest BCUT2D eigenvalue weighted by Crippen LogP contribution is -2.51. The second-order valence-corrected chi connectivity index (χ2v) is 9.28. The number of hydrogen-bond donors (Lipinski definition) is 3. The molecule has 0 aromatic heterocycles. The fourth-order valence-corrected chi connectivity index (χ4v) is 4.87. The lowest BCUT2D eigenvalue weighted by Gasteiger charge is -2.35. The molecule has 1 saturated heterocycles. The number of sulfonamides is 1. The lowest BCUT2D eigenvalue weighted by atomic mass is 9.98. The molecule has 1 amide bonds. The summed E-state index contributed by atoms with van der Waals surface area (Å²) in [6, 6.07) is 11.3. The smallest absolute Gasteiger partial charge is 0.241 e. The number of aliphatic hydroxyl groups is 1. The second kappa shape index (κ2) is 10.9. The van der Waals surface area contributed by atoms with E-state index >= 15 is 0 Å². The second-order valence-electron chi connectivity index (χ2n) is 7.57. The molecular weight excluding hydrogens is 439 g/mol. The Labute approximate surface area is 186 Å². The fraction of sp³-hybridized carbons (Fsp3) is 0.409. The van der Waals surface area contributed by atoms with Crippen LogP contribution in [0.3, 0.4) is 0 Å². The van der Waals surface area contributed by atoms with Gasteiger partial charge in [-0.3, -0.25) is 4.79 Å². The summed E-state index contributed by atoms with van der Waals surface area (Å²) >= 11 is 0. The van der Waals surface area contributed by atoms with Gasteiger partial charge < -0.3 is 19.9 Å². The van der Waals surface area contributed by atoms with E-state index < -0.39 is 28.3 Å². The molecule has 0 radical (unpaired) electrons. The van der Waals surface area contributed by atoms with Gasteiger partial charge in [0.25, 0.3) is 0 Å². The minimum atomic E-state index is -3.85. The Hall–Kier alpha value is -2.53. The van der Waals surface area contributed by atoms with Crippen LogP contribution < -0.4 is 14.8 Å². The third kappa shape index (κ3) is 6.49. The summed E-state index contributed by atoms with van der Waals surface area (Å²) in [4.78, 5) is 12.3. The van der Waals surface area contributed by atoms with Crippen molar-refractivity contribution in [3.63, 3.8) is 0 Å². The molecule has 1 fully saturated rings. The monoisotopic (exact) mass is 466 g/mol. The normalized spacial score (nSPS) is 21.2. The predicted octanol–water partition coefficient (Wildman–Crippen LogP) is 1.73. The third-order valence-corrected chi connectivity index (χ3v) is 6.76. The molecule has 1 heterocycles. The SMILES string of the molecule is COc1cccc(S(=O)(=O)N[C@H]2CC[C@@H](CC(=O)NCc3ccc(F)cc3)O[C@H]2CO)c1. The number of methoxy groups -OCH3 is 1. The van der Waals surface area contributed by atoms with Crippen molar-refractivity contribution in [1.82, 2.24) is 10.0 Å². The Bertz CT molecular complexity index is 1020. The molecule has 3 atom stereocenters. The summed E-state index contributed by atoms with van der Waals surface area (Å²) in [5.41, 5.74) is 0.768. The van der Waals surface area contributed by atoms with Gasteiger partial charge in [-0.25, -0.2) is 17.5 Å². The summed E-state index contributed by atoms with van der Waals surface area (Å²) in [6.45, 7) is -0.128. The van der Waals surface area contributed by atoms with E-state index in [1.54, 1.807) is 24.3 Å². The Kier molecular flexibility index (Phi) is 8.19. The summed E-state index contributed by atoms with van der Waals surface area (Å²) < 4.78 is 51.9. The number of halogens is 1. The van der Waals surface area contributed by atoms with Crippen molar-refractivity contribution in [3.8, 4) is 5.75 Å². The van der Waals surface area contributed by atoms with Crippen molar-refractivity contribution in [2.45, 2.75) is 49.0 Å². The van der Waals surface area contributed by atoms with Gasteiger partial charge >= 0.3 is 0 Å². The minimum absolute atomic E-state index is 0.0517. The standard InChI is InChI=1S/C22H27FN2O6S/c1-30-17-3-2-4-19(11-17)32(28,29)25-20-10-9-18(31-21(20)14-26)12-22(27)24-13-15-5-7-16(23)8-6-15/h2-8,11,18,20-21,25-26H,9-10,12-14H2,1H3,(H,24,27)/t18-,20-,21-/m0/s1. The summed E-state index contributed by atoms with van der Waals surface area (Å²) in [6.07, 6.45) is -0.291. The van der Waals surface area contributed by atoms with E-state index in [9.17, 15) is 22.7 Å². The van der Waals surface area contributed by atoms with Gasteiger partial charge in [-0.15, -0.1) is 0 Å². The first-order valence-corrected chi connectivity index (χ1v) is 11.7. The molecule has 3 rings (SSSR count). The van der Waals surface area contributed by atoms with E-state index in [0.29, 0.717) is 18.6 Å². The zero-order valence-corrected chi connectivity index (χ0v) is 18.5. The van der Waals surface area contributed by atoms with Crippen LogP contribution in [0.15, 0.2) is 53.4 Å². The minimum Gasteiger partial charge on any atom is -0.497 e. The molecule has 8 nitrogen and oxygen atoms in total. The van der Waals surface area contributed by atoms with Crippen molar-refractivity contribution in [2.75, 3.05) is 13.7 Å². The Morgan fingerprint density at radius 2 is 1.97 bits per heavy atom. The van der Waals surface area contributed by atoms with Gasteiger partial charge in [0, 0.05) is 12.6 Å². The Morgan fingerprint density at radius 1 is 1.22 bits per heavy atom. The van der Waals surface area contributed by atoms with E-state index in [1.165, 1.54) is 31.4 Å². The van der Waals surface area contributed by atoms with Gasteiger partial charge in [-0.05, 0) is 42.7 Å². The summed E-state index contributed by atoms with van der Waals surface area (Å²) in [5, 5.41) is 12.5. The molecule has 3 N–H and O–H groups in total. The van der Waals surface area contributed by atoms with Gasteiger partial charge in [-0.2, -0.15) is 0 Å². The molecule has 10 heteroatoms. The van der Waals surface area contributed by atoms with Crippen LogP contribution in [0.5, 0.6) is 5.75 Å². The van der Waals surface area contributed by atoms with Crippen molar-refractivity contribution < 1.29 is 32.2 Å². The number of benzene rings is 2. The van der Waals surface area contributed by atoms with Crippen LogP contribution in [0.4, 0.5) is 4.39 Å². The molecule has 0 aliphatic carbocycles. The van der Waals surface area contributed by atoms with Crippen molar-refractivity contribution in [1.29, 1.82) is 0 Å². The number of amides is 1. The van der Waals surface area contributed by atoms with E-state index in [2.05, 4.69) is 10.0 Å². The van der Waals surface area contributed by atoms with Crippen molar-refractivity contribution in [2.24, 2.45) is 0 Å². The average molecular weight is 467 g/mol. The van der Waals surface area contributed by atoms with Crippen molar-refractivity contribution >= 4 is 15.9 Å². The first kappa shape index (κ1) is 24.1. The molecule has 1 aliphatic rings. The maximum atomic E-state index is 13.0. The molecule has 0 unspecified atom stereocenters. The van der Waals surface area contributed by atoms with Gasteiger partial charge in [0.2, 0.25) is 15.9 Å². The van der Waals surface area contributed by atoms with Crippen LogP contribution in [-0.2, 0) is 26.1 Å². The molecule has 0 spiro atoms. The van der Waals surface area contributed by atoms with Crippen LogP contribution in [0.1, 0.15) is 24.8 Å². The molecular formula is C22H27FN2O6S. The first-order chi connectivity index (χ1) is 15.3. The molecule has 32 heavy (non-hydrogen) atoms. The van der Waals surface area contributed by atoms with Crippen LogP contribution in [0, 0.1) is 5.82 Å². The molecule has 2 aromatic rings. The highest BCUT2D eigenvalue weighted by Gasteiger charge is 2.34. The average Bonchev–Trinajstić information content (AvgIpc) is 2.79. The van der Waals surface area contributed by atoms with Crippen molar-refractivity contribution in [3.05, 3.63) is 59.9 Å². The topological polar surface area (TPSA) is 114 Å². The maximum Gasteiger partial charge on any atom is 0.241 e. The first-order valence-electron chi connectivity index (χ1n) is 10.2. The summed E-state index contributed by atoms with van der Waals surface area (Å²) in [7, 11) is -2.40. The fourth-order valence-electron chi connectivity index (χ4n) is 3.53. The number of aliphatic hydroxyl groups excluding tert-OH is 1. The number of carbonyl (C=O) groups is 1. The van der Waals surface area contributed by atoms with E-state index in [0.717, 1.165) is 5.56 Å². The number of rotatable bonds is 9. The van der Waals surface area contributed by atoms with Gasteiger partial charge in [-0.1, -0.05) is 18.2 Å². The molecule has 0 bridgehead atoms. The quantitative estimate of drug-likeness (QED) is 0.519. The summed E-state index contributed by atoms with van der Waals surface area (Å²) in [5.74, 6) is -0.174. The molecule has 2 aromatic carbocycles. The van der Waals surface area contributed by atoms with E-state index in [-0.39, 0.29) is 36.2 Å². The highest BCUT2D eigenvalue weighted by atomic mass is 32.2. The van der Waals surface area contributed by atoms with Gasteiger partial charge in [0.15, 0.2) is 0 Å². The van der Waals surface area contributed by atoms with E-state index in [4.69, 9.17) is 9.47 Å². The predicted molar refractivity (Wildman–Crippen MR) is 115 cm³/mol. The largest absolute Gasteiger partial charge is 0.497 e. The Balaban J connectivity index is 1.53. The number of hydrogen-bond acceptors (Lipinski definition) is 6. The highest BCUT2D eigenvalue weighted by Crippen LogP contribution is 2.24. The van der Waals surface area contributed by atoms with Gasteiger partial charge in [0.1, 0.15) is 11.6 Å². The zero-order chi connectivity index (χ0) is 23.1. The van der Waals surface area contributed by atoms with Crippen LogP contribution >= 0.6 is 0 Å². The number of nitrogens with one attached hydrogen (secondary N) is 2. The third-order valence-electron chi connectivity index (χ3n) is 5.27. The van der Waals surface area contributed by atoms with Gasteiger partial charge in [0.05, 0.1) is 43.3 Å².